The summed E-state index contributed by atoms with van der Waals surface area (Å²) in [6.45, 7) is 6.44. The summed E-state index contributed by atoms with van der Waals surface area (Å²) in [6, 6.07) is 0. The molecule has 0 aromatic heterocycles. The highest BCUT2D eigenvalue weighted by molar-refractivity contribution is 5.71. The summed E-state index contributed by atoms with van der Waals surface area (Å²) in [5.41, 5.74) is 0. The maximum absolute atomic E-state index is 12.9. The van der Waals surface area contributed by atoms with E-state index in [2.05, 4.69) is 118 Å². The summed E-state index contributed by atoms with van der Waals surface area (Å²) in [7, 11) is 0. The molecule has 0 saturated carbocycles. The van der Waals surface area contributed by atoms with Gasteiger partial charge in [0.1, 0.15) is 13.2 Å². The fraction of sp³-hybridized carbons (Fsp3) is 0.694. The molecule has 0 aliphatic rings. The highest BCUT2D eigenvalue weighted by Gasteiger charge is 2.19. The second kappa shape index (κ2) is 55.9. The zero-order chi connectivity index (χ0) is 49.3. The molecule has 0 heterocycles. The molecule has 6 heteroatoms. The summed E-state index contributed by atoms with van der Waals surface area (Å²) in [6.07, 6.45) is 73.9. The van der Waals surface area contributed by atoms with Gasteiger partial charge in [0, 0.05) is 19.3 Å². The third kappa shape index (κ3) is 53.3. The number of unbranched alkanes of at least 4 members (excludes halogenated alkanes) is 23. The molecule has 0 aromatic rings. The van der Waals surface area contributed by atoms with Gasteiger partial charge in [0.25, 0.3) is 0 Å². The first kappa shape index (κ1) is 64.3. The van der Waals surface area contributed by atoms with Crippen molar-refractivity contribution >= 4 is 17.9 Å². The lowest BCUT2D eigenvalue weighted by molar-refractivity contribution is -0.167. The summed E-state index contributed by atoms with van der Waals surface area (Å²) in [5.74, 6) is -0.946. The Morgan fingerprint density at radius 3 is 0.971 bits per heavy atom. The first-order valence-electron chi connectivity index (χ1n) is 28.2. The first-order chi connectivity index (χ1) is 33.5. The maximum Gasteiger partial charge on any atom is 0.306 e. The molecule has 0 radical (unpaired) electrons. The van der Waals surface area contributed by atoms with Gasteiger partial charge < -0.3 is 14.2 Å². The lowest BCUT2D eigenvalue weighted by Crippen LogP contribution is -2.30. The number of rotatable bonds is 50. The van der Waals surface area contributed by atoms with E-state index in [0.717, 1.165) is 122 Å². The van der Waals surface area contributed by atoms with Crippen LogP contribution in [0.15, 0.2) is 97.2 Å². The van der Waals surface area contributed by atoms with E-state index in [9.17, 15) is 14.4 Å². The SMILES string of the molecule is CC/C=C\C/C=C\C/C=C\C/C=C\C/C=C\CCCCCC(=O)OC[C@@H](COC(=O)CCCCCCC/C=C\C/C=C\CCCC)OC(=O)CCCCCCCCC/C=C\CCCCCCCC. The minimum Gasteiger partial charge on any atom is -0.462 e. The van der Waals surface area contributed by atoms with Crippen LogP contribution in [0.5, 0.6) is 0 Å². The van der Waals surface area contributed by atoms with Crippen LogP contribution in [0.3, 0.4) is 0 Å². The molecule has 6 nitrogen and oxygen atoms in total. The van der Waals surface area contributed by atoms with Crippen LogP contribution < -0.4 is 0 Å². The Bertz CT molecular complexity index is 1360. The smallest absolute Gasteiger partial charge is 0.306 e. The molecule has 0 N–H and O–H groups in total. The number of hydrogen-bond acceptors (Lipinski definition) is 6. The average Bonchev–Trinajstić information content (AvgIpc) is 3.34. The number of carbonyl (C=O) groups excluding carboxylic acids is 3. The predicted molar refractivity (Wildman–Crippen MR) is 293 cm³/mol. The van der Waals surface area contributed by atoms with Crippen molar-refractivity contribution in [3.8, 4) is 0 Å². The van der Waals surface area contributed by atoms with E-state index >= 15 is 0 Å². The number of hydrogen-bond donors (Lipinski definition) is 0. The van der Waals surface area contributed by atoms with Gasteiger partial charge in [-0.3, -0.25) is 14.4 Å². The number of esters is 3. The number of allylic oxidation sites excluding steroid dienone is 16. The Morgan fingerprint density at radius 1 is 0.309 bits per heavy atom. The van der Waals surface area contributed by atoms with E-state index in [1.165, 1.54) is 96.3 Å². The Morgan fingerprint density at radius 2 is 0.588 bits per heavy atom. The van der Waals surface area contributed by atoms with Crippen molar-refractivity contribution in [2.24, 2.45) is 0 Å². The summed E-state index contributed by atoms with van der Waals surface area (Å²) in [5, 5.41) is 0. The monoisotopic (exact) mass is 945 g/mol. The quantitative estimate of drug-likeness (QED) is 0.0262. The fourth-order valence-corrected chi connectivity index (χ4v) is 7.54. The van der Waals surface area contributed by atoms with Gasteiger partial charge in [-0.2, -0.15) is 0 Å². The first-order valence-corrected chi connectivity index (χ1v) is 28.2. The van der Waals surface area contributed by atoms with Gasteiger partial charge in [-0.15, -0.1) is 0 Å². The molecule has 68 heavy (non-hydrogen) atoms. The van der Waals surface area contributed by atoms with Gasteiger partial charge in [-0.1, -0.05) is 221 Å². The van der Waals surface area contributed by atoms with Crippen molar-refractivity contribution in [3.05, 3.63) is 97.2 Å². The third-order valence-electron chi connectivity index (χ3n) is 11.8. The van der Waals surface area contributed by atoms with Crippen LogP contribution in [0.1, 0.15) is 258 Å². The summed E-state index contributed by atoms with van der Waals surface area (Å²) >= 11 is 0. The second-order valence-corrected chi connectivity index (χ2v) is 18.5. The molecule has 0 fully saturated rings. The largest absolute Gasteiger partial charge is 0.462 e. The van der Waals surface area contributed by atoms with Crippen LogP contribution >= 0.6 is 0 Å². The normalized spacial score (nSPS) is 12.8. The zero-order valence-electron chi connectivity index (χ0n) is 44.3. The molecule has 388 valence electrons. The molecule has 0 aliphatic heterocycles. The molecule has 0 unspecified atom stereocenters. The molecule has 0 spiro atoms. The van der Waals surface area contributed by atoms with Crippen LogP contribution in [-0.2, 0) is 28.6 Å². The van der Waals surface area contributed by atoms with Crippen molar-refractivity contribution in [1.82, 2.24) is 0 Å². The molecule has 0 bridgehead atoms. The number of carbonyl (C=O) groups is 3. The minimum atomic E-state index is -0.800. The Kier molecular flexibility index (Phi) is 52.9. The van der Waals surface area contributed by atoms with Crippen molar-refractivity contribution in [2.45, 2.75) is 264 Å². The molecule has 0 aromatic carbocycles. The van der Waals surface area contributed by atoms with Gasteiger partial charge in [-0.25, -0.2) is 0 Å². The van der Waals surface area contributed by atoms with E-state index in [1.54, 1.807) is 0 Å². The number of ether oxygens (including phenoxy) is 3. The maximum atomic E-state index is 12.9. The lowest BCUT2D eigenvalue weighted by Gasteiger charge is -2.18. The Labute approximate surface area is 419 Å². The zero-order valence-corrected chi connectivity index (χ0v) is 44.3. The van der Waals surface area contributed by atoms with Crippen molar-refractivity contribution < 1.29 is 28.6 Å². The molecule has 0 rings (SSSR count). The van der Waals surface area contributed by atoms with E-state index in [0.29, 0.717) is 19.3 Å². The Hall–Kier alpha value is -3.67. The van der Waals surface area contributed by atoms with Gasteiger partial charge in [0.2, 0.25) is 0 Å². The molecular weight excluding hydrogens is 841 g/mol. The summed E-state index contributed by atoms with van der Waals surface area (Å²) < 4.78 is 16.8. The fourth-order valence-electron chi connectivity index (χ4n) is 7.54. The minimum absolute atomic E-state index is 0.0978. The van der Waals surface area contributed by atoms with E-state index < -0.39 is 6.10 Å². The molecule has 0 saturated heterocycles. The van der Waals surface area contributed by atoms with Gasteiger partial charge in [0.05, 0.1) is 0 Å². The van der Waals surface area contributed by atoms with Crippen molar-refractivity contribution in [3.63, 3.8) is 0 Å². The molecular formula is C62H104O6. The van der Waals surface area contributed by atoms with Crippen LogP contribution in [-0.4, -0.2) is 37.2 Å². The van der Waals surface area contributed by atoms with Gasteiger partial charge in [0.15, 0.2) is 6.10 Å². The topological polar surface area (TPSA) is 78.9 Å². The van der Waals surface area contributed by atoms with Crippen molar-refractivity contribution in [1.29, 1.82) is 0 Å². The van der Waals surface area contributed by atoms with Crippen LogP contribution in [0, 0.1) is 0 Å². The lowest BCUT2D eigenvalue weighted by atomic mass is 10.1. The van der Waals surface area contributed by atoms with Gasteiger partial charge >= 0.3 is 17.9 Å². The highest BCUT2D eigenvalue weighted by Crippen LogP contribution is 2.14. The molecule has 0 amide bonds. The molecule has 0 aliphatic carbocycles. The standard InChI is InChI=1S/C62H104O6/c1-4-7-10-13-16-19-22-25-28-30-31-33-34-37-40-43-46-49-52-55-61(64)67-58-59(57-66-60(63)54-51-48-45-42-39-36-27-24-21-18-15-12-9-6-3)68-62(65)56-53-50-47-44-41-38-35-32-29-26-23-20-17-14-11-8-5-2/h7,10,15-16,18-19,24-29,31,33,37,40,59H,4-6,8-9,11-14,17,20-23,30,32,34-36,38-39,41-58H2,1-3H3/b10-7-,18-15-,19-16-,27-24-,28-25-,29-26-,33-31-,40-37-/t59-/m1/s1. The third-order valence-corrected chi connectivity index (χ3v) is 11.8. The summed E-state index contributed by atoms with van der Waals surface area (Å²) in [4.78, 5) is 38.1. The highest BCUT2D eigenvalue weighted by atomic mass is 16.6. The van der Waals surface area contributed by atoms with E-state index in [-0.39, 0.29) is 31.1 Å². The van der Waals surface area contributed by atoms with Crippen LogP contribution in [0.2, 0.25) is 0 Å². The predicted octanol–water partition coefficient (Wildman–Crippen LogP) is 18.9. The van der Waals surface area contributed by atoms with Gasteiger partial charge in [-0.05, 0) is 116 Å². The average molecular weight is 946 g/mol. The van der Waals surface area contributed by atoms with E-state index in [4.69, 9.17) is 14.2 Å². The molecule has 1 atom stereocenters. The van der Waals surface area contributed by atoms with Crippen LogP contribution in [0.4, 0.5) is 0 Å². The second-order valence-electron chi connectivity index (χ2n) is 18.5. The van der Waals surface area contributed by atoms with E-state index in [1.807, 2.05) is 0 Å². The Balaban J connectivity index is 4.47. The van der Waals surface area contributed by atoms with Crippen LogP contribution in [0.25, 0.3) is 0 Å². The van der Waals surface area contributed by atoms with Crippen molar-refractivity contribution in [2.75, 3.05) is 13.2 Å².